The lowest BCUT2D eigenvalue weighted by atomic mass is 9.81. The second-order valence-electron chi connectivity index (χ2n) is 5.77. The summed E-state index contributed by atoms with van der Waals surface area (Å²) >= 11 is 1.77. The third kappa shape index (κ3) is 2.51. The molecule has 1 atom stereocenters. The molecular formula is C18H20O2S. The molecule has 2 aromatic rings. The fourth-order valence-corrected chi connectivity index (χ4v) is 4.33. The summed E-state index contributed by atoms with van der Waals surface area (Å²) in [6.45, 7) is 4.03. The molecule has 1 heterocycles. The topological polar surface area (TPSA) is 26.3 Å². The fourth-order valence-electron chi connectivity index (χ4n) is 3.34. The fraction of sp³-hybridized carbons (Fsp3) is 0.389. The van der Waals surface area contributed by atoms with Crippen molar-refractivity contribution in [2.75, 3.05) is 7.11 Å². The number of thiophene rings is 1. The average molecular weight is 300 g/mol. The van der Waals surface area contributed by atoms with Crippen molar-refractivity contribution in [3.8, 4) is 5.75 Å². The SMILES string of the molecule is COc1cc(C)cc(C)c1C(=O)C1CCCc2sccc21. The van der Waals surface area contributed by atoms with Gasteiger partial charge in [-0.1, -0.05) is 6.07 Å². The second kappa shape index (κ2) is 5.64. The van der Waals surface area contributed by atoms with E-state index < -0.39 is 0 Å². The number of ether oxygens (including phenoxy) is 1. The van der Waals surface area contributed by atoms with Gasteiger partial charge in [0.05, 0.1) is 12.7 Å². The van der Waals surface area contributed by atoms with Gasteiger partial charge < -0.3 is 4.74 Å². The highest BCUT2D eigenvalue weighted by molar-refractivity contribution is 7.10. The predicted molar refractivity (Wildman–Crippen MR) is 86.8 cm³/mol. The molecule has 0 spiro atoms. The van der Waals surface area contributed by atoms with Crippen molar-refractivity contribution in [2.24, 2.45) is 0 Å². The molecule has 1 aromatic heterocycles. The molecule has 0 N–H and O–H groups in total. The van der Waals surface area contributed by atoms with Gasteiger partial charge in [-0.3, -0.25) is 4.79 Å². The Morgan fingerprint density at radius 2 is 2.14 bits per heavy atom. The normalized spacial score (nSPS) is 17.4. The third-order valence-electron chi connectivity index (χ3n) is 4.28. The van der Waals surface area contributed by atoms with Gasteiger partial charge in [0.2, 0.25) is 0 Å². The van der Waals surface area contributed by atoms with Gasteiger partial charge in [0.25, 0.3) is 0 Å². The summed E-state index contributed by atoms with van der Waals surface area (Å²) in [7, 11) is 1.64. The molecule has 21 heavy (non-hydrogen) atoms. The van der Waals surface area contributed by atoms with E-state index in [1.807, 2.05) is 19.9 Å². The second-order valence-corrected chi connectivity index (χ2v) is 6.77. The number of benzene rings is 1. The lowest BCUT2D eigenvalue weighted by Gasteiger charge is -2.23. The van der Waals surface area contributed by atoms with Gasteiger partial charge in [0.15, 0.2) is 5.78 Å². The Kier molecular flexibility index (Phi) is 3.85. The van der Waals surface area contributed by atoms with Gasteiger partial charge in [-0.2, -0.15) is 0 Å². The van der Waals surface area contributed by atoms with Crippen molar-refractivity contribution in [2.45, 2.75) is 39.0 Å². The van der Waals surface area contributed by atoms with Crippen LogP contribution in [0.1, 0.15) is 50.7 Å². The van der Waals surface area contributed by atoms with E-state index in [0.717, 1.165) is 36.0 Å². The largest absolute Gasteiger partial charge is 0.496 e. The smallest absolute Gasteiger partial charge is 0.174 e. The zero-order chi connectivity index (χ0) is 15.0. The minimum absolute atomic E-state index is 0.00435. The number of ketones is 1. The van der Waals surface area contributed by atoms with Gasteiger partial charge in [0.1, 0.15) is 5.75 Å². The molecular weight excluding hydrogens is 280 g/mol. The van der Waals surface area contributed by atoms with Crippen molar-refractivity contribution in [3.63, 3.8) is 0 Å². The molecule has 0 fully saturated rings. The molecule has 0 aliphatic heterocycles. The maximum Gasteiger partial charge on any atom is 0.174 e. The first kappa shape index (κ1) is 14.3. The summed E-state index contributed by atoms with van der Waals surface area (Å²) in [5, 5.41) is 2.11. The summed E-state index contributed by atoms with van der Waals surface area (Å²) in [4.78, 5) is 14.5. The molecule has 1 aliphatic carbocycles. The monoisotopic (exact) mass is 300 g/mol. The Labute approximate surface area is 129 Å². The van der Waals surface area contributed by atoms with Gasteiger partial charge >= 0.3 is 0 Å². The summed E-state index contributed by atoms with van der Waals surface area (Å²) in [5.74, 6) is 0.916. The molecule has 0 bridgehead atoms. The average Bonchev–Trinajstić information content (AvgIpc) is 2.94. The van der Waals surface area contributed by atoms with E-state index in [-0.39, 0.29) is 11.7 Å². The molecule has 1 aromatic carbocycles. The van der Waals surface area contributed by atoms with Crippen molar-refractivity contribution < 1.29 is 9.53 Å². The van der Waals surface area contributed by atoms with Crippen molar-refractivity contribution in [3.05, 3.63) is 50.7 Å². The standard InChI is InChI=1S/C18H20O2S/c1-11-9-12(2)17(15(10-11)20-3)18(19)14-5-4-6-16-13(14)7-8-21-16/h7-10,14H,4-6H2,1-3H3. The number of aryl methyl sites for hydroxylation is 3. The minimum atomic E-state index is -0.00435. The highest BCUT2D eigenvalue weighted by Gasteiger charge is 2.30. The number of carbonyl (C=O) groups is 1. The summed E-state index contributed by atoms with van der Waals surface area (Å²) in [5.41, 5.74) is 4.13. The molecule has 0 amide bonds. The Balaban J connectivity index is 2.05. The van der Waals surface area contributed by atoms with Crippen LogP contribution in [-0.4, -0.2) is 12.9 Å². The number of fused-ring (bicyclic) bond motifs is 1. The van der Waals surface area contributed by atoms with Gasteiger partial charge in [-0.15, -0.1) is 11.3 Å². The van der Waals surface area contributed by atoms with E-state index in [4.69, 9.17) is 4.74 Å². The number of hydrogen-bond donors (Lipinski definition) is 0. The van der Waals surface area contributed by atoms with Crippen LogP contribution < -0.4 is 4.74 Å². The molecule has 110 valence electrons. The quantitative estimate of drug-likeness (QED) is 0.770. The lowest BCUT2D eigenvalue weighted by molar-refractivity contribution is 0.0947. The third-order valence-corrected chi connectivity index (χ3v) is 5.27. The summed E-state index contributed by atoms with van der Waals surface area (Å²) in [6.07, 6.45) is 3.15. The van der Waals surface area contributed by atoms with Crippen LogP contribution in [0.25, 0.3) is 0 Å². The van der Waals surface area contributed by atoms with Crippen molar-refractivity contribution >= 4 is 17.1 Å². The zero-order valence-corrected chi connectivity index (χ0v) is 13.5. The van der Waals surface area contributed by atoms with E-state index in [0.29, 0.717) is 5.75 Å². The molecule has 0 saturated carbocycles. The van der Waals surface area contributed by atoms with E-state index in [2.05, 4.69) is 17.5 Å². The lowest BCUT2D eigenvalue weighted by Crippen LogP contribution is -2.19. The molecule has 0 radical (unpaired) electrons. The van der Waals surface area contributed by atoms with E-state index in [9.17, 15) is 4.79 Å². The van der Waals surface area contributed by atoms with E-state index in [1.165, 1.54) is 10.4 Å². The minimum Gasteiger partial charge on any atom is -0.496 e. The molecule has 2 nitrogen and oxygen atoms in total. The Morgan fingerprint density at radius 1 is 1.33 bits per heavy atom. The van der Waals surface area contributed by atoms with Crippen LogP contribution in [0, 0.1) is 13.8 Å². The molecule has 1 aliphatic rings. The molecule has 0 saturated heterocycles. The molecule has 1 unspecified atom stereocenters. The number of rotatable bonds is 3. The van der Waals surface area contributed by atoms with Crippen molar-refractivity contribution in [1.29, 1.82) is 0 Å². The predicted octanol–water partition coefficient (Wildman–Crippen LogP) is 4.68. The maximum atomic E-state index is 13.1. The summed E-state index contributed by atoms with van der Waals surface area (Å²) in [6, 6.07) is 6.14. The Hall–Kier alpha value is -1.61. The Morgan fingerprint density at radius 3 is 2.90 bits per heavy atom. The van der Waals surface area contributed by atoms with Crippen molar-refractivity contribution in [1.82, 2.24) is 0 Å². The van der Waals surface area contributed by atoms with Crippen LogP contribution in [-0.2, 0) is 6.42 Å². The summed E-state index contributed by atoms with van der Waals surface area (Å²) < 4.78 is 5.47. The van der Waals surface area contributed by atoms with Crippen LogP contribution in [0.2, 0.25) is 0 Å². The Bertz CT molecular complexity index is 685. The number of carbonyl (C=O) groups excluding carboxylic acids is 1. The number of methoxy groups -OCH3 is 1. The highest BCUT2D eigenvalue weighted by atomic mass is 32.1. The van der Waals surface area contributed by atoms with E-state index in [1.54, 1.807) is 18.4 Å². The molecule has 3 heteroatoms. The van der Waals surface area contributed by atoms with Gasteiger partial charge in [0, 0.05) is 10.8 Å². The first-order valence-electron chi connectivity index (χ1n) is 7.37. The molecule has 3 rings (SSSR count). The van der Waals surface area contributed by atoms with Crippen LogP contribution in [0.5, 0.6) is 5.75 Å². The highest BCUT2D eigenvalue weighted by Crippen LogP contribution is 2.39. The van der Waals surface area contributed by atoms with E-state index >= 15 is 0 Å². The first-order chi connectivity index (χ1) is 10.1. The zero-order valence-electron chi connectivity index (χ0n) is 12.7. The van der Waals surface area contributed by atoms with Crippen LogP contribution in [0.4, 0.5) is 0 Å². The number of Topliss-reactive ketones (excluding diaryl/α,β-unsaturated/α-hetero) is 1. The van der Waals surface area contributed by atoms with Gasteiger partial charge in [-0.25, -0.2) is 0 Å². The van der Waals surface area contributed by atoms with Crippen LogP contribution in [0.15, 0.2) is 23.6 Å². The first-order valence-corrected chi connectivity index (χ1v) is 8.25. The number of hydrogen-bond acceptors (Lipinski definition) is 3. The maximum absolute atomic E-state index is 13.1. The van der Waals surface area contributed by atoms with Gasteiger partial charge in [-0.05, 0) is 67.3 Å². The van der Waals surface area contributed by atoms with Crippen LogP contribution in [0.3, 0.4) is 0 Å². The van der Waals surface area contributed by atoms with Crippen LogP contribution >= 0.6 is 11.3 Å².